The standard InChI is InChI=1S/C19H25N5O/c25-19(20-16-9-5-2-6-10-16)23-12-11-17(13-23)24-14-18(21-22-24)15-7-3-1-4-8-15/h1,3-4,7-8,14,16-17H,2,5-6,9-13H2,(H,20,25). The second-order valence-corrected chi connectivity index (χ2v) is 7.12. The number of carbonyl (C=O) groups is 1. The lowest BCUT2D eigenvalue weighted by Crippen LogP contribution is -2.44. The molecular formula is C19H25N5O. The lowest BCUT2D eigenvalue weighted by molar-refractivity contribution is 0.198. The number of carbonyl (C=O) groups excluding carboxylic acids is 1. The first-order valence-corrected chi connectivity index (χ1v) is 9.32. The molecule has 6 nitrogen and oxygen atoms in total. The molecule has 0 radical (unpaired) electrons. The van der Waals surface area contributed by atoms with E-state index < -0.39 is 0 Å². The zero-order valence-electron chi connectivity index (χ0n) is 14.5. The predicted octanol–water partition coefficient (Wildman–Crippen LogP) is 3.23. The third-order valence-electron chi connectivity index (χ3n) is 5.34. The van der Waals surface area contributed by atoms with Crippen LogP contribution in [-0.2, 0) is 0 Å². The van der Waals surface area contributed by atoms with E-state index in [1.165, 1.54) is 19.3 Å². The molecule has 2 fully saturated rings. The van der Waals surface area contributed by atoms with Gasteiger partial charge in [-0.15, -0.1) is 5.10 Å². The molecule has 2 aromatic rings. The average molecular weight is 339 g/mol. The highest BCUT2D eigenvalue weighted by Crippen LogP contribution is 2.24. The van der Waals surface area contributed by atoms with Crippen molar-refractivity contribution >= 4 is 6.03 Å². The first kappa shape index (κ1) is 16.1. The number of aromatic nitrogens is 3. The third kappa shape index (κ3) is 3.67. The van der Waals surface area contributed by atoms with Crippen molar-refractivity contribution in [3.63, 3.8) is 0 Å². The lowest BCUT2D eigenvalue weighted by Gasteiger charge is -2.26. The molecular weight excluding hydrogens is 314 g/mol. The van der Waals surface area contributed by atoms with E-state index in [0.717, 1.165) is 37.1 Å². The van der Waals surface area contributed by atoms with Crippen LogP contribution in [0.5, 0.6) is 0 Å². The molecule has 2 heterocycles. The van der Waals surface area contributed by atoms with Crippen molar-refractivity contribution in [2.45, 2.75) is 50.6 Å². The van der Waals surface area contributed by atoms with Gasteiger partial charge in [-0.1, -0.05) is 54.8 Å². The summed E-state index contributed by atoms with van der Waals surface area (Å²) in [5.74, 6) is 0. The molecule has 0 spiro atoms. The molecule has 25 heavy (non-hydrogen) atoms. The maximum Gasteiger partial charge on any atom is 0.317 e. The zero-order chi connectivity index (χ0) is 17.1. The maximum atomic E-state index is 12.5. The summed E-state index contributed by atoms with van der Waals surface area (Å²) >= 11 is 0. The summed E-state index contributed by atoms with van der Waals surface area (Å²) in [5, 5.41) is 11.8. The maximum absolute atomic E-state index is 12.5. The largest absolute Gasteiger partial charge is 0.335 e. The van der Waals surface area contributed by atoms with Crippen LogP contribution in [0.25, 0.3) is 11.3 Å². The Balaban J connectivity index is 1.36. The van der Waals surface area contributed by atoms with Crippen LogP contribution in [0.4, 0.5) is 4.79 Å². The Morgan fingerprint density at radius 1 is 1.08 bits per heavy atom. The normalized spacial score (nSPS) is 21.4. The van der Waals surface area contributed by atoms with Crippen LogP contribution >= 0.6 is 0 Å². The SMILES string of the molecule is O=C(NC1CCCCC1)N1CCC(n2cc(-c3ccccc3)nn2)C1. The number of benzene rings is 1. The lowest BCUT2D eigenvalue weighted by atomic mass is 9.96. The van der Waals surface area contributed by atoms with E-state index in [-0.39, 0.29) is 12.1 Å². The molecule has 132 valence electrons. The van der Waals surface area contributed by atoms with Crippen molar-refractivity contribution in [3.8, 4) is 11.3 Å². The van der Waals surface area contributed by atoms with Crippen molar-refractivity contribution in [1.29, 1.82) is 0 Å². The predicted molar refractivity (Wildman–Crippen MR) is 96.1 cm³/mol. The summed E-state index contributed by atoms with van der Waals surface area (Å²) in [4.78, 5) is 14.4. The van der Waals surface area contributed by atoms with Gasteiger partial charge in [0.1, 0.15) is 5.69 Å². The van der Waals surface area contributed by atoms with Crippen molar-refractivity contribution in [2.24, 2.45) is 0 Å². The molecule has 1 atom stereocenters. The fourth-order valence-electron chi connectivity index (χ4n) is 3.85. The number of rotatable bonds is 3. The average Bonchev–Trinajstić information content (AvgIpc) is 3.33. The Bertz CT molecular complexity index is 708. The van der Waals surface area contributed by atoms with Gasteiger partial charge in [-0.25, -0.2) is 9.48 Å². The number of urea groups is 1. The molecule has 6 heteroatoms. The van der Waals surface area contributed by atoms with Gasteiger partial charge in [0.15, 0.2) is 0 Å². The van der Waals surface area contributed by atoms with Gasteiger partial charge in [0, 0.05) is 24.7 Å². The number of nitrogens with one attached hydrogen (secondary N) is 1. The monoisotopic (exact) mass is 339 g/mol. The first-order valence-electron chi connectivity index (χ1n) is 9.32. The van der Waals surface area contributed by atoms with E-state index in [2.05, 4.69) is 15.6 Å². The van der Waals surface area contributed by atoms with Gasteiger partial charge < -0.3 is 10.2 Å². The second-order valence-electron chi connectivity index (χ2n) is 7.12. The minimum Gasteiger partial charge on any atom is -0.335 e. The Morgan fingerprint density at radius 2 is 1.88 bits per heavy atom. The van der Waals surface area contributed by atoms with Crippen LogP contribution in [-0.4, -0.2) is 45.1 Å². The Hall–Kier alpha value is -2.37. The van der Waals surface area contributed by atoms with Crippen LogP contribution in [0.3, 0.4) is 0 Å². The van der Waals surface area contributed by atoms with Crippen molar-refractivity contribution in [3.05, 3.63) is 36.5 Å². The minimum absolute atomic E-state index is 0.0813. The van der Waals surface area contributed by atoms with Crippen LogP contribution in [0.1, 0.15) is 44.6 Å². The van der Waals surface area contributed by atoms with Crippen LogP contribution < -0.4 is 5.32 Å². The summed E-state index contributed by atoms with van der Waals surface area (Å²) in [6, 6.07) is 10.7. The first-order chi connectivity index (χ1) is 12.3. The molecule has 1 aromatic carbocycles. The molecule has 2 aliphatic rings. The molecule has 1 saturated carbocycles. The summed E-state index contributed by atoms with van der Waals surface area (Å²) in [5.41, 5.74) is 1.95. The minimum atomic E-state index is 0.0813. The van der Waals surface area contributed by atoms with Gasteiger partial charge in [0.25, 0.3) is 0 Å². The highest BCUT2D eigenvalue weighted by Gasteiger charge is 2.29. The molecule has 4 rings (SSSR count). The van der Waals surface area contributed by atoms with E-state index in [0.29, 0.717) is 12.6 Å². The topological polar surface area (TPSA) is 63.1 Å². The highest BCUT2D eigenvalue weighted by molar-refractivity contribution is 5.74. The molecule has 1 aliphatic carbocycles. The van der Waals surface area contributed by atoms with E-state index in [9.17, 15) is 4.79 Å². The molecule has 1 unspecified atom stereocenters. The summed E-state index contributed by atoms with van der Waals surface area (Å²) in [6.07, 6.45) is 8.91. The molecule has 0 bridgehead atoms. The fraction of sp³-hybridized carbons (Fsp3) is 0.526. The second kappa shape index (κ2) is 7.25. The van der Waals surface area contributed by atoms with Gasteiger partial charge in [-0.05, 0) is 19.3 Å². The quantitative estimate of drug-likeness (QED) is 0.934. The van der Waals surface area contributed by atoms with Crippen LogP contribution in [0, 0.1) is 0 Å². The number of amides is 2. The Labute approximate surface area is 148 Å². The van der Waals surface area contributed by atoms with E-state index >= 15 is 0 Å². The molecule has 1 N–H and O–H groups in total. The summed E-state index contributed by atoms with van der Waals surface area (Å²) in [6.45, 7) is 1.49. The smallest absolute Gasteiger partial charge is 0.317 e. The van der Waals surface area contributed by atoms with E-state index in [1.54, 1.807) is 0 Å². The van der Waals surface area contributed by atoms with Crippen molar-refractivity contribution in [2.75, 3.05) is 13.1 Å². The van der Waals surface area contributed by atoms with Gasteiger partial charge in [-0.3, -0.25) is 0 Å². The number of nitrogens with zero attached hydrogens (tertiary/aromatic N) is 4. The van der Waals surface area contributed by atoms with Crippen LogP contribution in [0.15, 0.2) is 36.5 Å². The molecule has 1 aromatic heterocycles. The van der Waals surface area contributed by atoms with Gasteiger partial charge in [0.05, 0.1) is 12.2 Å². The Kier molecular flexibility index (Phi) is 4.68. The number of likely N-dealkylation sites (tertiary alicyclic amines) is 1. The number of hydrogen-bond donors (Lipinski definition) is 1. The molecule has 2 amide bonds. The van der Waals surface area contributed by atoms with Crippen LogP contribution in [0.2, 0.25) is 0 Å². The number of hydrogen-bond acceptors (Lipinski definition) is 3. The third-order valence-corrected chi connectivity index (χ3v) is 5.34. The zero-order valence-corrected chi connectivity index (χ0v) is 14.5. The molecule has 1 aliphatic heterocycles. The van der Waals surface area contributed by atoms with Crippen molar-refractivity contribution in [1.82, 2.24) is 25.2 Å². The van der Waals surface area contributed by atoms with Gasteiger partial charge >= 0.3 is 6.03 Å². The van der Waals surface area contributed by atoms with E-state index in [4.69, 9.17) is 0 Å². The van der Waals surface area contributed by atoms with Gasteiger partial charge in [0.2, 0.25) is 0 Å². The summed E-state index contributed by atoms with van der Waals surface area (Å²) < 4.78 is 1.91. The highest BCUT2D eigenvalue weighted by atomic mass is 16.2. The van der Waals surface area contributed by atoms with Gasteiger partial charge in [-0.2, -0.15) is 0 Å². The molecule has 1 saturated heterocycles. The van der Waals surface area contributed by atoms with Crippen molar-refractivity contribution < 1.29 is 4.79 Å². The Morgan fingerprint density at radius 3 is 2.68 bits per heavy atom. The summed E-state index contributed by atoms with van der Waals surface area (Å²) in [7, 11) is 0. The fourth-order valence-corrected chi connectivity index (χ4v) is 3.85. The van der Waals surface area contributed by atoms with E-state index in [1.807, 2.05) is 46.1 Å².